The predicted molar refractivity (Wildman–Crippen MR) is 85.6 cm³/mol. The Morgan fingerprint density at radius 3 is 2.73 bits per heavy atom. The van der Waals surface area contributed by atoms with Crippen molar-refractivity contribution in [3.05, 3.63) is 11.6 Å². The van der Waals surface area contributed by atoms with Gasteiger partial charge in [0.15, 0.2) is 0 Å². The standard InChI is InChI=1S/C17H28N2O3/c1-12-8-13(15(20)21)10-19(9-12)16(22)18-11-17(2,3)14-6-4-5-7-14/h6,12-13H,4-5,7-11H2,1-3H3,(H,18,22)(H,20,21). The van der Waals surface area contributed by atoms with Gasteiger partial charge in [0.25, 0.3) is 0 Å². The van der Waals surface area contributed by atoms with E-state index >= 15 is 0 Å². The summed E-state index contributed by atoms with van der Waals surface area (Å²) in [5, 5.41) is 12.2. The van der Waals surface area contributed by atoms with Crippen molar-refractivity contribution in [2.45, 2.75) is 46.5 Å². The summed E-state index contributed by atoms with van der Waals surface area (Å²) in [7, 11) is 0. The molecule has 2 atom stereocenters. The molecule has 0 spiro atoms. The Labute approximate surface area is 132 Å². The molecular formula is C17H28N2O3. The van der Waals surface area contributed by atoms with E-state index < -0.39 is 11.9 Å². The maximum atomic E-state index is 12.4. The number of nitrogens with one attached hydrogen (secondary N) is 1. The zero-order chi connectivity index (χ0) is 16.3. The first-order chi connectivity index (χ1) is 10.3. The number of amides is 2. The van der Waals surface area contributed by atoms with Gasteiger partial charge in [0.05, 0.1) is 5.92 Å². The van der Waals surface area contributed by atoms with Crippen molar-refractivity contribution in [1.29, 1.82) is 0 Å². The van der Waals surface area contributed by atoms with Gasteiger partial charge in [-0.2, -0.15) is 0 Å². The van der Waals surface area contributed by atoms with Gasteiger partial charge in [0, 0.05) is 25.0 Å². The van der Waals surface area contributed by atoms with E-state index in [0.29, 0.717) is 26.1 Å². The average Bonchev–Trinajstić information content (AvgIpc) is 2.99. The molecule has 1 fully saturated rings. The van der Waals surface area contributed by atoms with E-state index in [9.17, 15) is 14.7 Å². The minimum absolute atomic E-state index is 0.0280. The number of carboxylic acids is 1. The second kappa shape index (κ2) is 6.71. The van der Waals surface area contributed by atoms with E-state index in [1.807, 2.05) is 6.92 Å². The molecular weight excluding hydrogens is 280 g/mol. The van der Waals surface area contributed by atoms with Crippen molar-refractivity contribution in [3.63, 3.8) is 0 Å². The number of likely N-dealkylation sites (tertiary alicyclic amines) is 1. The Morgan fingerprint density at radius 1 is 1.41 bits per heavy atom. The fraction of sp³-hybridized carbons (Fsp3) is 0.765. The normalized spacial score (nSPS) is 25.8. The molecule has 5 nitrogen and oxygen atoms in total. The minimum Gasteiger partial charge on any atom is -0.481 e. The van der Waals surface area contributed by atoms with E-state index in [1.54, 1.807) is 4.90 Å². The lowest BCUT2D eigenvalue weighted by Crippen LogP contribution is -2.51. The lowest BCUT2D eigenvalue weighted by molar-refractivity contribution is -0.143. The molecule has 1 aliphatic heterocycles. The molecule has 0 bridgehead atoms. The Hall–Kier alpha value is -1.52. The van der Waals surface area contributed by atoms with Gasteiger partial charge in [-0.25, -0.2) is 4.79 Å². The highest BCUT2D eigenvalue weighted by Crippen LogP contribution is 2.34. The molecule has 2 rings (SSSR count). The smallest absolute Gasteiger partial charge is 0.317 e. The molecule has 1 saturated heterocycles. The minimum atomic E-state index is -0.805. The maximum absolute atomic E-state index is 12.4. The number of hydrogen-bond donors (Lipinski definition) is 2. The summed E-state index contributed by atoms with van der Waals surface area (Å²) in [5.41, 5.74) is 1.39. The fourth-order valence-corrected chi connectivity index (χ4v) is 3.50. The number of carbonyl (C=O) groups excluding carboxylic acids is 1. The first-order valence-electron chi connectivity index (χ1n) is 8.24. The lowest BCUT2D eigenvalue weighted by Gasteiger charge is -2.36. The largest absolute Gasteiger partial charge is 0.481 e. The van der Waals surface area contributed by atoms with Gasteiger partial charge in [0.1, 0.15) is 0 Å². The van der Waals surface area contributed by atoms with E-state index in [0.717, 1.165) is 12.8 Å². The van der Waals surface area contributed by atoms with Crippen LogP contribution in [-0.2, 0) is 4.79 Å². The number of rotatable bonds is 4. The SMILES string of the molecule is CC1CC(C(=O)O)CN(C(=O)NCC(C)(C)C2=CCCC2)C1. The molecule has 0 aromatic heterocycles. The summed E-state index contributed by atoms with van der Waals surface area (Å²) >= 11 is 0. The highest BCUT2D eigenvalue weighted by Gasteiger charge is 2.33. The van der Waals surface area contributed by atoms with Crippen molar-refractivity contribution >= 4 is 12.0 Å². The van der Waals surface area contributed by atoms with Gasteiger partial charge in [-0.15, -0.1) is 0 Å². The van der Waals surface area contributed by atoms with Crippen LogP contribution in [0.5, 0.6) is 0 Å². The number of urea groups is 1. The number of hydrogen-bond acceptors (Lipinski definition) is 2. The van der Waals surface area contributed by atoms with Crippen LogP contribution in [-0.4, -0.2) is 41.6 Å². The van der Waals surface area contributed by atoms with Gasteiger partial charge in [-0.3, -0.25) is 4.79 Å². The van der Waals surface area contributed by atoms with Crippen LogP contribution in [0.2, 0.25) is 0 Å². The molecule has 1 heterocycles. The average molecular weight is 308 g/mol. The second-order valence-electron chi connectivity index (χ2n) is 7.45. The number of carboxylic acid groups (broad SMARTS) is 1. The van der Waals surface area contributed by atoms with Crippen molar-refractivity contribution in [1.82, 2.24) is 10.2 Å². The van der Waals surface area contributed by atoms with Crippen molar-refractivity contribution in [3.8, 4) is 0 Å². The summed E-state index contributed by atoms with van der Waals surface area (Å²) in [6.45, 7) is 7.86. The van der Waals surface area contributed by atoms with Crippen LogP contribution in [0, 0.1) is 17.3 Å². The Balaban J connectivity index is 1.90. The van der Waals surface area contributed by atoms with Crippen LogP contribution in [0.1, 0.15) is 46.5 Å². The van der Waals surface area contributed by atoms with Crippen molar-refractivity contribution in [2.75, 3.05) is 19.6 Å². The lowest BCUT2D eigenvalue weighted by atomic mass is 9.83. The number of carbonyl (C=O) groups is 2. The number of nitrogens with zero attached hydrogens (tertiary/aromatic N) is 1. The quantitative estimate of drug-likeness (QED) is 0.785. The molecule has 5 heteroatoms. The molecule has 0 aromatic rings. The molecule has 2 N–H and O–H groups in total. The molecule has 22 heavy (non-hydrogen) atoms. The molecule has 2 aliphatic rings. The van der Waals surface area contributed by atoms with Crippen LogP contribution in [0.4, 0.5) is 4.79 Å². The molecule has 0 radical (unpaired) electrons. The van der Waals surface area contributed by atoms with Gasteiger partial charge in [-0.1, -0.05) is 32.4 Å². The van der Waals surface area contributed by atoms with Crippen LogP contribution in [0.15, 0.2) is 11.6 Å². The molecule has 2 amide bonds. The summed E-state index contributed by atoms with van der Waals surface area (Å²) in [6, 6.07) is -0.135. The first kappa shape index (κ1) is 16.8. The zero-order valence-corrected chi connectivity index (χ0v) is 13.9. The van der Waals surface area contributed by atoms with Gasteiger partial charge < -0.3 is 15.3 Å². The van der Waals surface area contributed by atoms with Crippen molar-refractivity contribution in [2.24, 2.45) is 17.3 Å². The van der Waals surface area contributed by atoms with Crippen molar-refractivity contribution < 1.29 is 14.7 Å². The van der Waals surface area contributed by atoms with Crippen LogP contribution in [0.3, 0.4) is 0 Å². The third-order valence-electron chi connectivity index (χ3n) is 4.89. The molecule has 2 unspecified atom stereocenters. The molecule has 0 saturated carbocycles. The fourth-order valence-electron chi connectivity index (χ4n) is 3.50. The third-order valence-corrected chi connectivity index (χ3v) is 4.89. The summed E-state index contributed by atoms with van der Waals surface area (Å²) in [6.07, 6.45) is 6.39. The molecule has 0 aromatic carbocycles. The summed E-state index contributed by atoms with van der Waals surface area (Å²) < 4.78 is 0. The Morgan fingerprint density at radius 2 is 2.14 bits per heavy atom. The van der Waals surface area contributed by atoms with E-state index in [4.69, 9.17) is 0 Å². The maximum Gasteiger partial charge on any atom is 0.317 e. The van der Waals surface area contributed by atoms with Crippen LogP contribution in [0.25, 0.3) is 0 Å². The van der Waals surface area contributed by atoms with E-state index in [2.05, 4.69) is 25.2 Å². The second-order valence-corrected chi connectivity index (χ2v) is 7.45. The molecule has 1 aliphatic carbocycles. The topological polar surface area (TPSA) is 69.6 Å². The van der Waals surface area contributed by atoms with Crippen LogP contribution < -0.4 is 5.32 Å². The highest BCUT2D eigenvalue weighted by atomic mass is 16.4. The Bertz CT molecular complexity index is 471. The van der Waals surface area contributed by atoms with Gasteiger partial charge in [0.2, 0.25) is 0 Å². The number of piperidine rings is 1. The number of allylic oxidation sites excluding steroid dienone is 1. The van der Waals surface area contributed by atoms with Gasteiger partial charge >= 0.3 is 12.0 Å². The first-order valence-corrected chi connectivity index (χ1v) is 8.24. The summed E-state index contributed by atoms with van der Waals surface area (Å²) in [4.78, 5) is 25.2. The third kappa shape index (κ3) is 4.02. The predicted octanol–water partition coefficient (Wildman–Crippen LogP) is 2.88. The Kier molecular flexibility index (Phi) is 5.14. The zero-order valence-electron chi connectivity index (χ0n) is 13.9. The monoisotopic (exact) mass is 308 g/mol. The van der Waals surface area contributed by atoms with Crippen LogP contribution >= 0.6 is 0 Å². The summed E-state index contributed by atoms with van der Waals surface area (Å²) in [5.74, 6) is -1.02. The number of aliphatic carboxylic acids is 1. The highest BCUT2D eigenvalue weighted by molar-refractivity contribution is 5.76. The van der Waals surface area contributed by atoms with E-state index in [1.165, 1.54) is 12.0 Å². The van der Waals surface area contributed by atoms with Gasteiger partial charge in [-0.05, 0) is 31.6 Å². The molecule has 124 valence electrons. The van der Waals surface area contributed by atoms with E-state index in [-0.39, 0.29) is 17.4 Å².